The maximum Gasteiger partial charge on any atom is 0.296 e. The quantitative estimate of drug-likeness (QED) is 0.474. The Labute approximate surface area is 108 Å². The average molecular weight is 284 g/mol. The van der Waals surface area contributed by atoms with Crippen molar-refractivity contribution in [1.29, 1.82) is 0 Å². The molecule has 1 rings (SSSR count). The summed E-state index contributed by atoms with van der Waals surface area (Å²) in [5, 5.41) is 0. The number of aryl methyl sites for hydroxylation is 1. The van der Waals surface area contributed by atoms with Crippen LogP contribution in [0.25, 0.3) is 0 Å². The topological polar surface area (TPSA) is 43.4 Å². The molecule has 1 aromatic rings. The summed E-state index contributed by atoms with van der Waals surface area (Å²) in [6.07, 6.45) is 1.68. The molecule has 0 saturated carbocycles. The van der Waals surface area contributed by atoms with E-state index in [1.165, 1.54) is 0 Å². The third-order valence-electron chi connectivity index (χ3n) is 2.05. The molecule has 0 radical (unpaired) electrons. The van der Waals surface area contributed by atoms with E-state index in [1.807, 2.05) is 13.8 Å². The zero-order chi connectivity index (χ0) is 11.3. The molecule has 0 aromatic heterocycles. The second-order valence-electron chi connectivity index (χ2n) is 3.44. The van der Waals surface area contributed by atoms with Gasteiger partial charge in [-0.3, -0.25) is 4.18 Å². The summed E-state index contributed by atoms with van der Waals surface area (Å²) in [7, 11) is -3.55. The van der Waals surface area contributed by atoms with E-state index in [-0.39, 0.29) is 28.6 Å². The molecule has 16 heavy (non-hydrogen) atoms. The van der Waals surface area contributed by atoms with Gasteiger partial charge in [0, 0.05) is 17.1 Å². The van der Waals surface area contributed by atoms with Crippen molar-refractivity contribution in [2.75, 3.05) is 6.61 Å². The van der Waals surface area contributed by atoms with Crippen LogP contribution in [0.5, 0.6) is 0 Å². The van der Waals surface area contributed by atoms with Gasteiger partial charge >= 0.3 is 0 Å². The molecule has 0 spiro atoms. The first-order valence-electron chi connectivity index (χ1n) is 5.02. The largest absolute Gasteiger partial charge is 0.296 e. The Morgan fingerprint density at radius 1 is 1.19 bits per heavy atom. The van der Waals surface area contributed by atoms with Crippen LogP contribution in [-0.2, 0) is 31.4 Å². The van der Waals surface area contributed by atoms with Crippen molar-refractivity contribution in [3.05, 3.63) is 29.8 Å². The number of hydrogen-bond donors (Lipinski definition) is 0. The van der Waals surface area contributed by atoms with E-state index < -0.39 is 10.1 Å². The Balaban J connectivity index is 0.00000225. The molecule has 3 nitrogen and oxygen atoms in total. The fourth-order valence-corrected chi connectivity index (χ4v) is 2.03. The smallest absolute Gasteiger partial charge is 0.266 e. The summed E-state index contributed by atoms with van der Waals surface area (Å²) in [4.78, 5) is 0.226. The Morgan fingerprint density at radius 3 is 2.25 bits per heavy atom. The van der Waals surface area contributed by atoms with Crippen molar-refractivity contribution in [1.82, 2.24) is 0 Å². The van der Waals surface area contributed by atoms with E-state index in [4.69, 9.17) is 4.18 Å². The van der Waals surface area contributed by atoms with Crippen molar-refractivity contribution >= 4 is 10.1 Å². The van der Waals surface area contributed by atoms with Gasteiger partial charge < -0.3 is 0 Å². The minimum absolute atomic E-state index is 0. The van der Waals surface area contributed by atoms with Crippen LogP contribution < -0.4 is 0 Å². The first kappa shape index (κ1) is 15.6. The maximum absolute atomic E-state index is 11.6. The molecule has 92 valence electrons. The minimum atomic E-state index is -3.55. The Morgan fingerprint density at radius 2 is 1.75 bits per heavy atom. The molecule has 0 bridgehead atoms. The summed E-state index contributed by atoms with van der Waals surface area (Å²) in [6, 6.07) is 6.65. The molecule has 0 amide bonds. The summed E-state index contributed by atoms with van der Waals surface area (Å²) in [5.74, 6) is 0. The SMILES string of the molecule is CCCCOS(=O)(=O)c1ccc(C)cc1.[Fe]. The molecular formula is C11H16FeO3S. The van der Waals surface area contributed by atoms with Crippen LogP contribution >= 0.6 is 0 Å². The predicted molar refractivity (Wildman–Crippen MR) is 59.2 cm³/mol. The van der Waals surface area contributed by atoms with E-state index in [0.717, 1.165) is 18.4 Å². The van der Waals surface area contributed by atoms with Crippen LogP contribution in [0.3, 0.4) is 0 Å². The van der Waals surface area contributed by atoms with Crippen molar-refractivity contribution < 1.29 is 29.7 Å². The molecule has 0 fully saturated rings. The molecule has 0 aliphatic heterocycles. The second-order valence-corrected chi connectivity index (χ2v) is 5.06. The van der Waals surface area contributed by atoms with Gasteiger partial charge in [-0.25, -0.2) is 0 Å². The van der Waals surface area contributed by atoms with Crippen LogP contribution in [0.15, 0.2) is 29.2 Å². The molecule has 0 aliphatic rings. The van der Waals surface area contributed by atoms with Gasteiger partial charge in [-0.1, -0.05) is 31.0 Å². The molecule has 0 atom stereocenters. The van der Waals surface area contributed by atoms with E-state index in [9.17, 15) is 8.42 Å². The Hall–Kier alpha value is -0.351. The number of benzene rings is 1. The van der Waals surface area contributed by atoms with E-state index >= 15 is 0 Å². The standard InChI is InChI=1S/C11H16O3S.Fe/c1-3-4-9-14-15(12,13)11-7-5-10(2)6-8-11;/h5-8H,3-4,9H2,1-2H3;. The molecule has 0 unspecified atom stereocenters. The summed E-state index contributed by atoms with van der Waals surface area (Å²) < 4.78 is 28.1. The van der Waals surface area contributed by atoms with Gasteiger partial charge in [-0.05, 0) is 25.5 Å². The van der Waals surface area contributed by atoms with Crippen LogP contribution in [0.2, 0.25) is 0 Å². The molecule has 5 heteroatoms. The predicted octanol–water partition coefficient (Wildman–Crippen LogP) is 2.50. The van der Waals surface area contributed by atoms with Gasteiger partial charge in [-0.15, -0.1) is 0 Å². The van der Waals surface area contributed by atoms with Gasteiger partial charge in [0.2, 0.25) is 0 Å². The van der Waals surface area contributed by atoms with Crippen LogP contribution in [0.4, 0.5) is 0 Å². The van der Waals surface area contributed by atoms with Crippen LogP contribution in [0.1, 0.15) is 25.3 Å². The number of rotatable bonds is 5. The monoisotopic (exact) mass is 284 g/mol. The van der Waals surface area contributed by atoms with Gasteiger partial charge in [-0.2, -0.15) is 8.42 Å². The van der Waals surface area contributed by atoms with Gasteiger partial charge in [0.25, 0.3) is 10.1 Å². The molecule has 1 aromatic carbocycles. The third kappa shape index (κ3) is 4.66. The molecule has 0 aliphatic carbocycles. The van der Waals surface area contributed by atoms with Crippen LogP contribution in [0, 0.1) is 6.92 Å². The maximum atomic E-state index is 11.6. The molecule has 0 N–H and O–H groups in total. The van der Waals surface area contributed by atoms with E-state index in [1.54, 1.807) is 24.3 Å². The van der Waals surface area contributed by atoms with E-state index in [2.05, 4.69) is 0 Å². The van der Waals surface area contributed by atoms with Crippen molar-refractivity contribution in [2.24, 2.45) is 0 Å². The summed E-state index contributed by atoms with van der Waals surface area (Å²) in [5.41, 5.74) is 1.03. The zero-order valence-corrected chi connectivity index (χ0v) is 11.3. The fourth-order valence-electron chi connectivity index (χ4n) is 1.09. The van der Waals surface area contributed by atoms with Gasteiger partial charge in [0.1, 0.15) is 0 Å². The molecule has 0 saturated heterocycles. The second kappa shape index (κ2) is 7.07. The van der Waals surface area contributed by atoms with Crippen molar-refractivity contribution in [3.63, 3.8) is 0 Å². The molecule has 0 heterocycles. The Bertz CT molecular complexity index is 398. The third-order valence-corrected chi connectivity index (χ3v) is 3.37. The zero-order valence-electron chi connectivity index (χ0n) is 9.42. The number of hydrogen-bond acceptors (Lipinski definition) is 3. The average Bonchev–Trinajstić information content (AvgIpc) is 2.18. The summed E-state index contributed by atoms with van der Waals surface area (Å²) in [6.45, 7) is 4.16. The van der Waals surface area contributed by atoms with Gasteiger partial charge in [0.15, 0.2) is 0 Å². The normalized spacial score (nSPS) is 10.9. The minimum Gasteiger partial charge on any atom is -0.266 e. The first-order chi connectivity index (χ1) is 7.06. The van der Waals surface area contributed by atoms with E-state index in [0.29, 0.717) is 0 Å². The van der Waals surface area contributed by atoms with Crippen molar-refractivity contribution in [2.45, 2.75) is 31.6 Å². The Kier molecular flexibility index (Phi) is 6.91. The first-order valence-corrected chi connectivity index (χ1v) is 6.43. The fraction of sp³-hybridized carbons (Fsp3) is 0.455. The summed E-state index contributed by atoms with van der Waals surface area (Å²) >= 11 is 0. The van der Waals surface area contributed by atoms with Gasteiger partial charge in [0.05, 0.1) is 11.5 Å². The molecular weight excluding hydrogens is 268 g/mol. The van der Waals surface area contributed by atoms with Crippen molar-refractivity contribution in [3.8, 4) is 0 Å². The number of unbranched alkanes of at least 4 members (excludes halogenated alkanes) is 1. The van der Waals surface area contributed by atoms with Crippen LogP contribution in [-0.4, -0.2) is 15.0 Å².